The number of carbonyl (C=O) groups is 1. The largest absolute Gasteiger partial charge is 0.451 e. The SMILES string of the molecule is O=C(NC(=S)Nc1cc(C(F)(F)F)ccc1N1CCCC1)c1ccc(-c2cccc(Cl)c2Cl)o1. The minimum atomic E-state index is -4.52. The summed E-state index contributed by atoms with van der Waals surface area (Å²) in [6, 6.07) is 11.4. The summed E-state index contributed by atoms with van der Waals surface area (Å²) in [6.07, 6.45) is -2.63. The van der Waals surface area contributed by atoms with Gasteiger partial charge in [0.15, 0.2) is 10.9 Å². The first-order valence-corrected chi connectivity index (χ1v) is 11.4. The zero-order valence-corrected chi connectivity index (χ0v) is 19.8. The Bertz CT molecular complexity index is 1240. The van der Waals surface area contributed by atoms with Crippen molar-refractivity contribution in [3.05, 3.63) is 69.9 Å². The molecule has 1 fully saturated rings. The van der Waals surface area contributed by atoms with E-state index in [1.807, 2.05) is 4.90 Å². The second kappa shape index (κ2) is 9.85. The van der Waals surface area contributed by atoms with E-state index in [4.69, 9.17) is 39.8 Å². The quantitative estimate of drug-likeness (QED) is 0.357. The molecule has 1 amide bonds. The lowest BCUT2D eigenvalue weighted by Gasteiger charge is -2.23. The van der Waals surface area contributed by atoms with Crippen molar-refractivity contribution >= 4 is 57.8 Å². The number of benzene rings is 2. The molecule has 1 saturated heterocycles. The number of amides is 1. The van der Waals surface area contributed by atoms with Crippen LogP contribution in [0.25, 0.3) is 11.3 Å². The number of halogens is 5. The molecule has 2 N–H and O–H groups in total. The maximum absolute atomic E-state index is 13.3. The monoisotopic (exact) mass is 527 g/mol. The zero-order valence-electron chi connectivity index (χ0n) is 17.5. The second-order valence-electron chi connectivity index (χ2n) is 7.60. The van der Waals surface area contributed by atoms with Crippen LogP contribution in [0, 0.1) is 0 Å². The van der Waals surface area contributed by atoms with E-state index >= 15 is 0 Å². The molecular formula is C23H18Cl2F3N3O2S. The van der Waals surface area contributed by atoms with E-state index in [0.717, 1.165) is 38.1 Å². The number of furan rings is 1. The lowest BCUT2D eigenvalue weighted by atomic mass is 10.1. The number of thiocarbonyl (C=S) groups is 1. The van der Waals surface area contributed by atoms with E-state index in [1.54, 1.807) is 24.3 Å². The van der Waals surface area contributed by atoms with Crippen LogP contribution in [-0.4, -0.2) is 24.1 Å². The van der Waals surface area contributed by atoms with Gasteiger partial charge in [-0.15, -0.1) is 0 Å². The van der Waals surface area contributed by atoms with Gasteiger partial charge >= 0.3 is 6.18 Å². The third kappa shape index (κ3) is 5.32. The molecule has 2 heterocycles. The summed E-state index contributed by atoms with van der Waals surface area (Å²) >= 11 is 17.4. The fraction of sp³-hybridized carbons (Fsp3) is 0.217. The van der Waals surface area contributed by atoms with Gasteiger partial charge in [0.05, 0.1) is 27.0 Å². The van der Waals surface area contributed by atoms with E-state index in [0.29, 0.717) is 22.0 Å². The molecule has 1 aromatic heterocycles. The van der Waals surface area contributed by atoms with E-state index in [2.05, 4.69) is 10.6 Å². The van der Waals surface area contributed by atoms with Crippen molar-refractivity contribution in [2.24, 2.45) is 0 Å². The maximum Gasteiger partial charge on any atom is 0.416 e. The third-order valence-corrected chi connectivity index (χ3v) is 6.32. The number of hydrogen-bond donors (Lipinski definition) is 2. The van der Waals surface area contributed by atoms with E-state index in [1.165, 1.54) is 12.1 Å². The molecule has 0 radical (unpaired) electrons. The average molecular weight is 528 g/mol. The first-order valence-electron chi connectivity index (χ1n) is 10.3. The minimum Gasteiger partial charge on any atom is -0.451 e. The predicted octanol–water partition coefficient (Wildman–Crippen LogP) is 7.00. The molecule has 0 unspecified atom stereocenters. The van der Waals surface area contributed by atoms with Crippen LogP contribution in [0.1, 0.15) is 29.0 Å². The number of alkyl halides is 3. The van der Waals surface area contributed by atoms with Crippen LogP contribution in [0.5, 0.6) is 0 Å². The number of rotatable bonds is 4. The van der Waals surface area contributed by atoms with Gasteiger partial charge in [0, 0.05) is 18.7 Å². The fourth-order valence-electron chi connectivity index (χ4n) is 3.66. The molecule has 0 bridgehead atoms. The van der Waals surface area contributed by atoms with Crippen LogP contribution in [0.3, 0.4) is 0 Å². The van der Waals surface area contributed by atoms with Gasteiger partial charge in [-0.2, -0.15) is 13.2 Å². The van der Waals surface area contributed by atoms with Gasteiger partial charge < -0.3 is 14.6 Å². The van der Waals surface area contributed by atoms with Gasteiger partial charge in [0.1, 0.15) is 5.76 Å². The number of nitrogens with one attached hydrogen (secondary N) is 2. The van der Waals surface area contributed by atoms with Crippen molar-refractivity contribution < 1.29 is 22.4 Å². The number of carbonyl (C=O) groups excluding carboxylic acids is 1. The number of hydrogen-bond acceptors (Lipinski definition) is 4. The number of anilines is 2. The molecular weight excluding hydrogens is 510 g/mol. The van der Waals surface area contributed by atoms with Crippen LogP contribution in [-0.2, 0) is 6.18 Å². The van der Waals surface area contributed by atoms with Crippen molar-refractivity contribution in [1.29, 1.82) is 0 Å². The Morgan fingerprint density at radius 1 is 1.06 bits per heavy atom. The highest BCUT2D eigenvalue weighted by atomic mass is 35.5. The van der Waals surface area contributed by atoms with Gasteiger partial charge in [0.2, 0.25) is 0 Å². The highest BCUT2D eigenvalue weighted by molar-refractivity contribution is 7.80. The Labute approximate surface area is 208 Å². The normalized spacial score (nSPS) is 13.7. The Morgan fingerprint density at radius 2 is 1.79 bits per heavy atom. The first kappa shape index (κ1) is 24.4. The van der Waals surface area contributed by atoms with Gasteiger partial charge in [-0.05, 0) is 67.5 Å². The van der Waals surface area contributed by atoms with Crippen molar-refractivity contribution in [3.8, 4) is 11.3 Å². The summed E-state index contributed by atoms with van der Waals surface area (Å²) in [5.41, 5.74) is 0.431. The highest BCUT2D eigenvalue weighted by Crippen LogP contribution is 2.37. The van der Waals surface area contributed by atoms with Crippen molar-refractivity contribution in [1.82, 2.24) is 5.32 Å². The lowest BCUT2D eigenvalue weighted by molar-refractivity contribution is -0.137. The lowest BCUT2D eigenvalue weighted by Crippen LogP contribution is -2.34. The Kier molecular flexibility index (Phi) is 7.06. The average Bonchev–Trinajstić information content (AvgIpc) is 3.47. The molecule has 0 atom stereocenters. The second-order valence-corrected chi connectivity index (χ2v) is 8.79. The summed E-state index contributed by atoms with van der Waals surface area (Å²) < 4.78 is 45.4. The van der Waals surface area contributed by atoms with E-state index in [-0.39, 0.29) is 21.6 Å². The van der Waals surface area contributed by atoms with Crippen molar-refractivity contribution in [2.45, 2.75) is 19.0 Å². The standard InChI is InChI=1S/C23H18Cl2F3N3O2S/c24-15-5-3-4-14(20(15)25)18-8-9-19(33-18)21(32)30-22(34)29-16-12-13(23(26,27)28)6-7-17(16)31-10-1-2-11-31/h3-9,12H,1-2,10-11H2,(H2,29,30,32,34). The molecule has 11 heteroatoms. The minimum absolute atomic E-state index is 0.0565. The highest BCUT2D eigenvalue weighted by Gasteiger charge is 2.32. The van der Waals surface area contributed by atoms with Gasteiger partial charge in [-0.25, -0.2) is 0 Å². The van der Waals surface area contributed by atoms with Gasteiger partial charge in [0.25, 0.3) is 5.91 Å². The van der Waals surface area contributed by atoms with Crippen LogP contribution in [0.2, 0.25) is 10.0 Å². The van der Waals surface area contributed by atoms with E-state index in [9.17, 15) is 18.0 Å². The molecule has 0 saturated carbocycles. The topological polar surface area (TPSA) is 57.5 Å². The van der Waals surface area contributed by atoms with Gasteiger partial charge in [-0.3, -0.25) is 10.1 Å². The first-order chi connectivity index (χ1) is 16.1. The van der Waals surface area contributed by atoms with Crippen molar-refractivity contribution in [2.75, 3.05) is 23.3 Å². The Hall–Kier alpha value is -2.75. The predicted molar refractivity (Wildman–Crippen MR) is 131 cm³/mol. The summed E-state index contributed by atoms with van der Waals surface area (Å²) in [4.78, 5) is 14.6. The molecule has 5 nitrogen and oxygen atoms in total. The molecule has 4 rings (SSSR count). The molecule has 1 aliphatic heterocycles. The number of nitrogens with zero attached hydrogens (tertiary/aromatic N) is 1. The third-order valence-electron chi connectivity index (χ3n) is 5.29. The molecule has 2 aromatic carbocycles. The van der Waals surface area contributed by atoms with Crippen LogP contribution in [0.4, 0.5) is 24.5 Å². The molecule has 178 valence electrons. The molecule has 0 spiro atoms. The molecule has 34 heavy (non-hydrogen) atoms. The maximum atomic E-state index is 13.3. The van der Waals surface area contributed by atoms with E-state index < -0.39 is 17.6 Å². The summed E-state index contributed by atoms with van der Waals surface area (Å²) in [5, 5.41) is 5.62. The smallest absolute Gasteiger partial charge is 0.416 e. The summed E-state index contributed by atoms with van der Waals surface area (Å²) in [6.45, 7) is 1.45. The van der Waals surface area contributed by atoms with Crippen molar-refractivity contribution in [3.63, 3.8) is 0 Å². The van der Waals surface area contributed by atoms with Crippen LogP contribution >= 0.6 is 35.4 Å². The molecule has 0 aliphatic carbocycles. The zero-order chi connectivity index (χ0) is 24.5. The van der Waals surface area contributed by atoms with Crippen LogP contribution < -0.4 is 15.5 Å². The molecule has 3 aromatic rings. The Morgan fingerprint density at radius 3 is 2.50 bits per heavy atom. The fourth-order valence-corrected chi connectivity index (χ4v) is 4.26. The summed E-state index contributed by atoms with van der Waals surface area (Å²) in [7, 11) is 0. The Balaban J connectivity index is 1.51. The van der Waals surface area contributed by atoms with Gasteiger partial charge in [-0.1, -0.05) is 29.3 Å². The molecule has 1 aliphatic rings. The van der Waals surface area contributed by atoms with Crippen LogP contribution in [0.15, 0.2) is 52.9 Å². The summed E-state index contributed by atoms with van der Waals surface area (Å²) in [5.74, 6) is -0.402.